The van der Waals surface area contributed by atoms with Crippen LogP contribution in [0.5, 0.6) is 0 Å². The van der Waals surface area contributed by atoms with Gasteiger partial charge in [0.2, 0.25) is 0 Å². The monoisotopic (exact) mass is 219 g/mol. The van der Waals surface area contributed by atoms with Gasteiger partial charge < -0.3 is 16.4 Å². The van der Waals surface area contributed by atoms with Gasteiger partial charge in [0.25, 0.3) is 0 Å². The van der Waals surface area contributed by atoms with Gasteiger partial charge in [0.05, 0.1) is 0 Å². The van der Waals surface area contributed by atoms with Gasteiger partial charge in [-0.05, 0) is 0 Å². The Morgan fingerprint density at radius 2 is 0.500 bits per heavy atom. The maximum absolute atomic E-state index is 0. The third-order valence-electron chi connectivity index (χ3n) is 0. The molecule has 0 radical (unpaired) electrons. The fourth-order valence-corrected chi connectivity index (χ4v) is 0. The van der Waals surface area contributed by atoms with Crippen LogP contribution >= 0.6 is 0 Å². The largest absolute Gasteiger partial charge is 0.412 e. The van der Waals surface area contributed by atoms with Crippen molar-refractivity contribution in [3.63, 3.8) is 0 Å². The molecule has 0 saturated heterocycles. The number of hydrogen-bond donors (Lipinski definition) is 0. The summed E-state index contributed by atoms with van der Waals surface area (Å²) in [7, 11) is 0. The van der Waals surface area contributed by atoms with Crippen LogP contribution in [0.4, 0.5) is 0 Å². The zero-order chi connectivity index (χ0) is 0. The summed E-state index contributed by atoms with van der Waals surface area (Å²) in [4.78, 5) is 0. The van der Waals surface area contributed by atoms with E-state index in [9.17, 15) is 0 Å². The second-order valence-corrected chi connectivity index (χ2v) is 0. The molecule has 0 aromatic carbocycles. The molecule has 0 saturated carbocycles. The zero-order valence-electron chi connectivity index (χ0n) is 1.82. The molecule has 0 atom stereocenters. The van der Waals surface area contributed by atoms with E-state index in [0.717, 1.165) is 0 Å². The van der Waals surface area contributed by atoms with Crippen molar-refractivity contribution < 1.29 is 54.6 Å². The Morgan fingerprint density at radius 3 is 0.500 bits per heavy atom. The van der Waals surface area contributed by atoms with E-state index in [1.165, 1.54) is 0 Å². The standard InChI is InChI=1S/Dy.3H2O/h;3*1H2/i1+2;;;. The van der Waals surface area contributed by atoms with E-state index in [4.69, 9.17) is 0 Å². The Hall–Kier alpha value is 1.15. The van der Waals surface area contributed by atoms with Gasteiger partial charge in [-0.1, -0.05) is 0 Å². The fraction of sp³-hybridized carbons (Fsp3) is 0. The molecule has 34 valence electrons. The normalized spacial score (nSPS) is 0. The summed E-state index contributed by atoms with van der Waals surface area (Å²) in [5.41, 5.74) is 0. The first-order valence-electron chi connectivity index (χ1n) is 0. The summed E-state index contributed by atoms with van der Waals surface area (Å²) in [6.45, 7) is 0. The second kappa shape index (κ2) is 31.1. The van der Waals surface area contributed by atoms with Crippen molar-refractivity contribution in [3.8, 4) is 0 Å². The Labute approximate surface area is 54.3 Å². The molecular weight excluding hydrogens is 213 g/mol. The van der Waals surface area contributed by atoms with Crippen molar-refractivity contribution in [1.29, 1.82) is 0 Å². The van der Waals surface area contributed by atoms with Gasteiger partial charge in [0, 0.05) is 38.2 Å². The third kappa shape index (κ3) is 11.0. The fourth-order valence-electron chi connectivity index (χ4n) is 0. The molecule has 0 aliphatic carbocycles. The summed E-state index contributed by atoms with van der Waals surface area (Å²) < 4.78 is 0. The average Bonchev–Trinajstić information content (AvgIpc) is 0. The van der Waals surface area contributed by atoms with E-state index in [0.29, 0.717) is 0 Å². The minimum Gasteiger partial charge on any atom is -0.412 e. The van der Waals surface area contributed by atoms with Crippen molar-refractivity contribution in [2.75, 3.05) is 0 Å². The zero-order valence-corrected chi connectivity index (χ0v) is 3.85. The molecule has 0 heterocycles. The first kappa shape index (κ1) is 66.9. The smallest absolute Gasteiger partial charge is 0 e. The summed E-state index contributed by atoms with van der Waals surface area (Å²) in [5.74, 6) is 0. The van der Waals surface area contributed by atoms with Gasteiger partial charge in [-0.2, -0.15) is 0 Å². The van der Waals surface area contributed by atoms with Gasteiger partial charge >= 0.3 is 0 Å². The molecule has 0 aliphatic heterocycles. The molecule has 0 rings (SSSR count). The number of rotatable bonds is 0. The van der Waals surface area contributed by atoms with Gasteiger partial charge in [0.1, 0.15) is 0 Å². The van der Waals surface area contributed by atoms with E-state index < -0.39 is 0 Å². The molecular formula is H6DyO3. The van der Waals surface area contributed by atoms with Gasteiger partial charge in [-0.15, -0.1) is 0 Å². The maximum atomic E-state index is 0. The molecule has 4 heavy (non-hydrogen) atoms. The van der Waals surface area contributed by atoms with Crippen LogP contribution in [-0.2, 0) is 0 Å². The Bertz CT molecular complexity index is 3.25. The molecule has 3 nitrogen and oxygen atoms in total. The van der Waals surface area contributed by atoms with Crippen molar-refractivity contribution >= 4 is 0 Å². The average molecular weight is 219 g/mol. The quantitative estimate of drug-likeness (QED) is 0.431. The maximum Gasteiger partial charge on any atom is 0 e. The Kier molecular flexibility index (Phi) is 519. The minimum absolute atomic E-state index is 0. The van der Waals surface area contributed by atoms with E-state index in [2.05, 4.69) is 0 Å². The van der Waals surface area contributed by atoms with Crippen LogP contribution in [0.2, 0.25) is 0 Å². The predicted octanol–water partition coefficient (Wildman–Crippen LogP) is -2.47. The second-order valence-electron chi connectivity index (χ2n) is 0. The van der Waals surface area contributed by atoms with Crippen LogP contribution in [0.25, 0.3) is 0 Å². The third-order valence-corrected chi connectivity index (χ3v) is 0. The van der Waals surface area contributed by atoms with Crippen LogP contribution in [0.3, 0.4) is 0 Å². The first-order valence-corrected chi connectivity index (χ1v) is 0. The molecule has 0 aromatic heterocycles. The van der Waals surface area contributed by atoms with E-state index >= 15 is 0 Å². The van der Waals surface area contributed by atoms with Crippen molar-refractivity contribution in [2.45, 2.75) is 0 Å². The van der Waals surface area contributed by atoms with Gasteiger partial charge in [0.15, 0.2) is 0 Å². The molecule has 0 aliphatic rings. The SMILES string of the molecule is O.O.O.[165Dy]. The van der Waals surface area contributed by atoms with Crippen molar-refractivity contribution in [3.05, 3.63) is 0 Å². The molecule has 0 amide bonds. The van der Waals surface area contributed by atoms with E-state index in [-0.39, 0.29) is 54.6 Å². The van der Waals surface area contributed by atoms with Crippen LogP contribution < -0.4 is 0 Å². The summed E-state index contributed by atoms with van der Waals surface area (Å²) >= 11 is 0. The Balaban J connectivity index is 0. The molecule has 0 unspecified atom stereocenters. The predicted molar refractivity (Wildman–Crippen MR) is 10.8 cm³/mol. The van der Waals surface area contributed by atoms with Crippen LogP contribution in [-0.4, -0.2) is 16.4 Å². The molecule has 0 bridgehead atoms. The first-order chi connectivity index (χ1) is 0. The van der Waals surface area contributed by atoms with E-state index in [1.807, 2.05) is 0 Å². The summed E-state index contributed by atoms with van der Waals surface area (Å²) in [6.07, 6.45) is 0. The van der Waals surface area contributed by atoms with Gasteiger partial charge in [-0.25, -0.2) is 0 Å². The summed E-state index contributed by atoms with van der Waals surface area (Å²) in [6, 6.07) is 0. The molecule has 6 N–H and O–H groups in total. The minimum atomic E-state index is 0. The van der Waals surface area contributed by atoms with Crippen molar-refractivity contribution in [1.82, 2.24) is 0 Å². The Morgan fingerprint density at radius 1 is 0.500 bits per heavy atom. The van der Waals surface area contributed by atoms with Crippen LogP contribution in [0.15, 0.2) is 0 Å². The van der Waals surface area contributed by atoms with Gasteiger partial charge in [-0.3, -0.25) is 0 Å². The molecule has 0 fully saturated rings. The topological polar surface area (TPSA) is 94.5 Å². The molecule has 0 aromatic rings. The van der Waals surface area contributed by atoms with Crippen LogP contribution in [0.1, 0.15) is 0 Å². The summed E-state index contributed by atoms with van der Waals surface area (Å²) in [5, 5.41) is 0. The number of hydrogen-bond acceptors (Lipinski definition) is 0. The van der Waals surface area contributed by atoms with E-state index in [1.54, 1.807) is 0 Å². The van der Waals surface area contributed by atoms with Crippen LogP contribution in [0, 0.1) is 38.2 Å². The molecule has 0 spiro atoms. The van der Waals surface area contributed by atoms with Crippen molar-refractivity contribution in [2.24, 2.45) is 0 Å². The molecule has 4 heteroatoms.